The Bertz CT molecular complexity index is 686. The first-order valence-electron chi connectivity index (χ1n) is 8.96. The lowest BCUT2D eigenvalue weighted by Gasteiger charge is -2.39. The third-order valence-corrected chi connectivity index (χ3v) is 5.10. The number of rotatable bonds is 7. The Morgan fingerprint density at radius 2 is 1.92 bits per heavy atom. The van der Waals surface area contributed by atoms with E-state index in [1.807, 2.05) is 29.4 Å². The summed E-state index contributed by atoms with van der Waals surface area (Å²) < 4.78 is 2.21. The Labute approximate surface area is 142 Å². The van der Waals surface area contributed by atoms with Crippen LogP contribution in [0.2, 0.25) is 0 Å². The van der Waals surface area contributed by atoms with Crippen LogP contribution in [0.3, 0.4) is 0 Å². The first kappa shape index (κ1) is 15.4. The van der Waals surface area contributed by atoms with E-state index in [0.29, 0.717) is 12.3 Å². The molecule has 0 bridgehead atoms. The predicted molar refractivity (Wildman–Crippen MR) is 91.3 cm³/mol. The minimum Gasteiger partial charge on any atom is -0.342 e. The number of benzene rings is 1. The maximum Gasteiger partial charge on any atom is 0.222 e. The second-order valence-corrected chi connectivity index (χ2v) is 7.20. The van der Waals surface area contributed by atoms with Gasteiger partial charge in [-0.05, 0) is 30.7 Å². The van der Waals surface area contributed by atoms with Gasteiger partial charge in [-0.15, -0.1) is 10.2 Å². The standard InChI is InChI=1S/C19H24N4O/c24-19(9-8-15-4-2-1-3-5-15)22-12-17(13-22)10-18-21-20-14-23(18)11-16-6-7-16/h1-5,14,16-17H,6-13H2. The largest absolute Gasteiger partial charge is 0.342 e. The summed E-state index contributed by atoms with van der Waals surface area (Å²) in [4.78, 5) is 14.2. The summed E-state index contributed by atoms with van der Waals surface area (Å²) in [6, 6.07) is 10.2. The van der Waals surface area contributed by atoms with E-state index in [-0.39, 0.29) is 5.91 Å². The average Bonchev–Trinajstić information content (AvgIpc) is 3.27. The summed E-state index contributed by atoms with van der Waals surface area (Å²) in [5, 5.41) is 8.34. The van der Waals surface area contributed by atoms with Crippen molar-refractivity contribution in [1.29, 1.82) is 0 Å². The summed E-state index contributed by atoms with van der Waals surface area (Å²) in [5.41, 5.74) is 1.23. The van der Waals surface area contributed by atoms with Crippen LogP contribution in [0, 0.1) is 11.8 Å². The molecule has 1 saturated carbocycles. The van der Waals surface area contributed by atoms with E-state index >= 15 is 0 Å². The second kappa shape index (κ2) is 6.75. The molecule has 5 heteroatoms. The average molecular weight is 324 g/mol. The number of hydrogen-bond donors (Lipinski definition) is 0. The lowest BCUT2D eigenvalue weighted by atomic mass is 9.95. The lowest BCUT2D eigenvalue weighted by Crippen LogP contribution is -2.51. The lowest BCUT2D eigenvalue weighted by molar-refractivity contribution is -0.137. The topological polar surface area (TPSA) is 51.0 Å². The van der Waals surface area contributed by atoms with E-state index in [2.05, 4.69) is 26.9 Å². The highest BCUT2D eigenvalue weighted by Crippen LogP contribution is 2.31. The fourth-order valence-electron chi connectivity index (χ4n) is 3.38. The van der Waals surface area contributed by atoms with Crippen molar-refractivity contribution in [3.8, 4) is 0 Å². The molecule has 1 aliphatic carbocycles. The number of hydrogen-bond acceptors (Lipinski definition) is 3. The molecule has 5 nitrogen and oxygen atoms in total. The van der Waals surface area contributed by atoms with Gasteiger partial charge < -0.3 is 9.47 Å². The molecule has 24 heavy (non-hydrogen) atoms. The molecule has 0 radical (unpaired) electrons. The van der Waals surface area contributed by atoms with Crippen molar-refractivity contribution in [2.45, 2.75) is 38.6 Å². The Hall–Kier alpha value is -2.17. The van der Waals surface area contributed by atoms with Crippen molar-refractivity contribution < 1.29 is 4.79 Å². The Balaban J connectivity index is 1.21. The van der Waals surface area contributed by atoms with Gasteiger partial charge >= 0.3 is 0 Å². The first-order chi connectivity index (χ1) is 11.8. The quantitative estimate of drug-likeness (QED) is 0.785. The van der Waals surface area contributed by atoms with Crippen LogP contribution in [0.5, 0.6) is 0 Å². The number of carbonyl (C=O) groups is 1. The SMILES string of the molecule is O=C(CCc1ccccc1)N1CC(Cc2nncn2CC2CC2)C1. The Kier molecular flexibility index (Phi) is 4.32. The monoisotopic (exact) mass is 324 g/mol. The van der Waals surface area contributed by atoms with Crippen LogP contribution in [0.1, 0.15) is 30.7 Å². The van der Waals surface area contributed by atoms with E-state index in [1.165, 1.54) is 18.4 Å². The molecule has 2 aromatic rings. The van der Waals surface area contributed by atoms with Crippen LogP contribution in [0.15, 0.2) is 36.7 Å². The summed E-state index contributed by atoms with van der Waals surface area (Å²) >= 11 is 0. The van der Waals surface area contributed by atoms with Gasteiger partial charge in [0.15, 0.2) is 0 Å². The Morgan fingerprint density at radius 3 is 2.67 bits per heavy atom. The molecule has 1 saturated heterocycles. The molecule has 2 aliphatic rings. The predicted octanol–water partition coefficient (Wildman–Crippen LogP) is 2.32. The molecule has 1 aromatic carbocycles. The molecule has 4 rings (SSSR count). The van der Waals surface area contributed by atoms with Crippen molar-refractivity contribution in [1.82, 2.24) is 19.7 Å². The van der Waals surface area contributed by atoms with E-state index in [1.54, 1.807) is 0 Å². The Morgan fingerprint density at radius 1 is 1.12 bits per heavy atom. The molecule has 0 atom stereocenters. The second-order valence-electron chi connectivity index (χ2n) is 7.20. The number of carbonyl (C=O) groups excluding carboxylic acids is 1. The van der Waals surface area contributed by atoms with Crippen molar-refractivity contribution >= 4 is 5.91 Å². The molecule has 126 valence electrons. The van der Waals surface area contributed by atoms with Gasteiger partial charge in [0.05, 0.1) is 0 Å². The van der Waals surface area contributed by atoms with Crippen LogP contribution < -0.4 is 0 Å². The van der Waals surface area contributed by atoms with Gasteiger partial charge in [0.1, 0.15) is 12.2 Å². The van der Waals surface area contributed by atoms with Crippen molar-refractivity contribution in [2.75, 3.05) is 13.1 Å². The zero-order valence-electron chi connectivity index (χ0n) is 14.0. The highest BCUT2D eigenvalue weighted by Gasteiger charge is 2.32. The van der Waals surface area contributed by atoms with Gasteiger partial charge in [0.2, 0.25) is 5.91 Å². The molecular formula is C19H24N4O. The summed E-state index contributed by atoms with van der Waals surface area (Å²) in [6.45, 7) is 2.79. The molecule has 1 amide bonds. The summed E-state index contributed by atoms with van der Waals surface area (Å²) in [5.74, 6) is 2.72. The van der Waals surface area contributed by atoms with Crippen molar-refractivity contribution in [2.24, 2.45) is 11.8 Å². The maximum absolute atomic E-state index is 12.3. The fourth-order valence-corrected chi connectivity index (χ4v) is 3.38. The van der Waals surface area contributed by atoms with Gasteiger partial charge in [-0.2, -0.15) is 0 Å². The van der Waals surface area contributed by atoms with Gasteiger partial charge in [-0.3, -0.25) is 4.79 Å². The van der Waals surface area contributed by atoms with E-state index < -0.39 is 0 Å². The maximum atomic E-state index is 12.3. The number of amides is 1. The molecule has 0 N–H and O–H groups in total. The van der Waals surface area contributed by atoms with Crippen LogP contribution in [0.25, 0.3) is 0 Å². The third kappa shape index (κ3) is 3.66. The molecule has 1 aliphatic heterocycles. The number of aromatic nitrogens is 3. The van der Waals surface area contributed by atoms with Gasteiger partial charge in [-0.25, -0.2) is 0 Å². The molecular weight excluding hydrogens is 300 g/mol. The molecule has 2 heterocycles. The normalized spacial score (nSPS) is 17.8. The van der Waals surface area contributed by atoms with Gasteiger partial charge in [0.25, 0.3) is 0 Å². The molecule has 1 aromatic heterocycles. The van der Waals surface area contributed by atoms with Crippen molar-refractivity contribution in [3.05, 3.63) is 48.0 Å². The summed E-state index contributed by atoms with van der Waals surface area (Å²) in [6.07, 6.45) is 6.91. The minimum atomic E-state index is 0.273. The van der Waals surface area contributed by atoms with E-state index in [4.69, 9.17) is 0 Å². The fraction of sp³-hybridized carbons (Fsp3) is 0.526. The molecule has 2 fully saturated rings. The van der Waals surface area contributed by atoms with Crippen LogP contribution >= 0.6 is 0 Å². The smallest absolute Gasteiger partial charge is 0.222 e. The number of aryl methyl sites for hydroxylation is 1. The van der Waals surface area contributed by atoms with Crippen LogP contribution in [0.4, 0.5) is 0 Å². The molecule has 0 spiro atoms. The minimum absolute atomic E-state index is 0.273. The highest BCUT2D eigenvalue weighted by molar-refractivity contribution is 5.77. The van der Waals surface area contributed by atoms with Gasteiger partial charge in [0, 0.05) is 38.4 Å². The van der Waals surface area contributed by atoms with Gasteiger partial charge in [-0.1, -0.05) is 30.3 Å². The van der Waals surface area contributed by atoms with E-state index in [0.717, 1.165) is 44.2 Å². The first-order valence-corrected chi connectivity index (χ1v) is 8.96. The van der Waals surface area contributed by atoms with E-state index in [9.17, 15) is 4.79 Å². The molecule has 0 unspecified atom stereocenters. The van der Waals surface area contributed by atoms with Crippen molar-refractivity contribution in [3.63, 3.8) is 0 Å². The zero-order valence-corrected chi connectivity index (χ0v) is 14.0. The third-order valence-electron chi connectivity index (χ3n) is 5.10. The number of likely N-dealkylation sites (tertiary alicyclic amines) is 1. The zero-order chi connectivity index (χ0) is 16.4. The number of nitrogens with zero attached hydrogens (tertiary/aromatic N) is 4. The van der Waals surface area contributed by atoms with Crippen LogP contribution in [-0.4, -0.2) is 38.7 Å². The highest BCUT2D eigenvalue weighted by atomic mass is 16.2. The summed E-state index contributed by atoms with van der Waals surface area (Å²) in [7, 11) is 0. The van der Waals surface area contributed by atoms with Crippen LogP contribution in [-0.2, 0) is 24.2 Å².